The van der Waals surface area contributed by atoms with Gasteiger partial charge in [0.05, 0.1) is 24.1 Å². The average Bonchev–Trinajstić information content (AvgIpc) is 2.98. The molecule has 0 aliphatic carbocycles. The molecular formula is C13H12N4O4S. The summed E-state index contributed by atoms with van der Waals surface area (Å²) in [6, 6.07) is 7.98. The molecule has 0 aliphatic heterocycles. The minimum Gasteiger partial charge on any atom is -0.462 e. The van der Waals surface area contributed by atoms with Crippen LogP contribution in [0.3, 0.4) is 0 Å². The van der Waals surface area contributed by atoms with E-state index >= 15 is 0 Å². The van der Waals surface area contributed by atoms with Crippen LogP contribution in [0, 0.1) is 11.3 Å². The number of nitriles is 1. The third-order valence-electron chi connectivity index (χ3n) is 2.66. The number of sulfonamides is 1. The van der Waals surface area contributed by atoms with Gasteiger partial charge in [-0.3, -0.25) is 9.82 Å². The number of aromatic amines is 1. The second kappa shape index (κ2) is 6.28. The molecule has 0 saturated heterocycles. The molecule has 1 aromatic carbocycles. The Bertz CT molecular complexity index is 836. The van der Waals surface area contributed by atoms with Gasteiger partial charge in [0, 0.05) is 0 Å². The largest absolute Gasteiger partial charge is 0.462 e. The monoisotopic (exact) mass is 320 g/mol. The zero-order valence-corrected chi connectivity index (χ0v) is 12.3. The Morgan fingerprint density at radius 2 is 2.18 bits per heavy atom. The van der Waals surface area contributed by atoms with Crippen molar-refractivity contribution in [2.24, 2.45) is 0 Å². The van der Waals surface area contributed by atoms with E-state index < -0.39 is 21.0 Å². The highest BCUT2D eigenvalue weighted by atomic mass is 32.2. The number of anilines is 1. The van der Waals surface area contributed by atoms with Crippen LogP contribution in [0.15, 0.2) is 35.5 Å². The molecule has 0 spiro atoms. The molecule has 0 amide bonds. The molecule has 0 fully saturated rings. The number of esters is 1. The van der Waals surface area contributed by atoms with Gasteiger partial charge in [0.2, 0.25) is 0 Å². The molecule has 2 aromatic rings. The smallest absolute Gasteiger partial charge is 0.342 e. The van der Waals surface area contributed by atoms with Crippen LogP contribution >= 0.6 is 0 Å². The fourth-order valence-electron chi connectivity index (χ4n) is 1.70. The number of H-pyrrole nitrogens is 1. The van der Waals surface area contributed by atoms with E-state index in [4.69, 9.17) is 10.00 Å². The summed E-state index contributed by atoms with van der Waals surface area (Å²) in [5.41, 5.74) is 0.0569. The van der Waals surface area contributed by atoms with Crippen LogP contribution in [0.1, 0.15) is 22.8 Å². The number of hydrogen-bond donors (Lipinski definition) is 2. The van der Waals surface area contributed by atoms with Gasteiger partial charge in [0.15, 0.2) is 5.03 Å². The number of aromatic nitrogens is 2. The number of hydrogen-bond acceptors (Lipinski definition) is 6. The second-order valence-electron chi connectivity index (χ2n) is 4.10. The Hall–Kier alpha value is -2.86. The maximum Gasteiger partial charge on any atom is 0.342 e. The lowest BCUT2D eigenvalue weighted by molar-refractivity contribution is 0.0522. The molecule has 0 aliphatic rings. The first kappa shape index (κ1) is 15.5. The highest BCUT2D eigenvalue weighted by Gasteiger charge is 2.26. The van der Waals surface area contributed by atoms with E-state index in [-0.39, 0.29) is 23.4 Å². The van der Waals surface area contributed by atoms with Gasteiger partial charge in [-0.05, 0) is 19.1 Å². The SMILES string of the molecule is CCOC(=O)c1cn[nH]c1S(=O)(=O)Nc1ccccc1C#N. The van der Waals surface area contributed by atoms with Crippen molar-refractivity contribution >= 4 is 21.7 Å². The van der Waals surface area contributed by atoms with E-state index in [2.05, 4.69) is 14.9 Å². The third-order valence-corrected chi connectivity index (χ3v) is 4.00. The Labute approximate surface area is 126 Å². The van der Waals surface area contributed by atoms with Gasteiger partial charge >= 0.3 is 5.97 Å². The minimum absolute atomic E-state index is 0.105. The highest BCUT2D eigenvalue weighted by Crippen LogP contribution is 2.20. The van der Waals surface area contributed by atoms with E-state index in [1.54, 1.807) is 19.1 Å². The van der Waals surface area contributed by atoms with Crippen LogP contribution in [0.4, 0.5) is 5.69 Å². The number of benzene rings is 1. The van der Waals surface area contributed by atoms with E-state index in [1.807, 2.05) is 6.07 Å². The van der Waals surface area contributed by atoms with Crippen LogP contribution < -0.4 is 4.72 Å². The summed E-state index contributed by atoms with van der Waals surface area (Å²) in [6.45, 7) is 1.71. The van der Waals surface area contributed by atoms with Crippen LogP contribution in [-0.2, 0) is 14.8 Å². The minimum atomic E-state index is -4.12. The summed E-state index contributed by atoms with van der Waals surface area (Å²) in [5, 5.41) is 14.4. The van der Waals surface area contributed by atoms with E-state index in [9.17, 15) is 13.2 Å². The zero-order valence-electron chi connectivity index (χ0n) is 11.5. The van der Waals surface area contributed by atoms with E-state index in [0.717, 1.165) is 6.20 Å². The van der Waals surface area contributed by atoms with Gasteiger partial charge in [-0.1, -0.05) is 12.1 Å². The maximum atomic E-state index is 12.4. The predicted molar refractivity (Wildman–Crippen MR) is 76.5 cm³/mol. The van der Waals surface area contributed by atoms with Crippen molar-refractivity contribution < 1.29 is 17.9 Å². The quantitative estimate of drug-likeness (QED) is 0.799. The summed E-state index contributed by atoms with van der Waals surface area (Å²) in [5.74, 6) is -0.801. The molecule has 2 rings (SSSR count). The third kappa shape index (κ3) is 3.07. The van der Waals surface area contributed by atoms with Crippen LogP contribution in [0.2, 0.25) is 0 Å². The first-order chi connectivity index (χ1) is 10.5. The van der Waals surface area contributed by atoms with Crippen LogP contribution in [0.5, 0.6) is 0 Å². The summed E-state index contributed by atoms with van der Waals surface area (Å²) in [7, 11) is -4.12. The van der Waals surface area contributed by atoms with E-state index in [0.29, 0.717) is 0 Å². The van der Waals surface area contributed by atoms with Gasteiger partial charge in [0.25, 0.3) is 10.0 Å². The van der Waals surface area contributed by atoms with Gasteiger partial charge in [-0.25, -0.2) is 4.79 Å². The van der Waals surface area contributed by atoms with Gasteiger partial charge in [-0.2, -0.15) is 18.8 Å². The molecule has 1 aromatic heterocycles. The van der Waals surface area contributed by atoms with Crippen LogP contribution in [0.25, 0.3) is 0 Å². The van der Waals surface area contributed by atoms with Crippen LogP contribution in [-0.4, -0.2) is 31.2 Å². The Kier molecular flexibility index (Phi) is 4.43. The van der Waals surface area contributed by atoms with Gasteiger partial charge in [0.1, 0.15) is 11.6 Å². The normalized spacial score (nSPS) is 10.7. The number of carbonyl (C=O) groups excluding carboxylic acids is 1. The maximum absolute atomic E-state index is 12.4. The lowest BCUT2D eigenvalue weighted by Crippen LogP contribution is -2.18. The number of carbonyl (C=O) groups is 1. The molecule has 9 heteroatoms. The molecule has 2 N–H and O–H groups in total. The summed E-state index contributed by atoms with van der Waals surface area (Å²) in [4.78, 5) is 11.7. The summed E-state index contributed by atoms with van der Waals surface area (Å²) < 4.78 is 31.7. The molecule has 0 bridgehead atoms. The molecule has 22 heavy (non-hydrogen) atoms. The predicted octanol–water partition coefficient (Wildman–Crippen LogP) is 1.26. The average molecular weight is 320 g/mol. The number of ether oxygens (including phenoxy) is 1. The standard InChI is InChI=1S/C13H12N4O4S/c1-2-21-13(18)10-8-15-16-12(10)22(19,20)17-11-6-4-3-5-9(11)7-14/h3-6,8,17H,2H2,1H3,(H,15,16). The Morgan fingerprint density at radius 3 is 2.86 bits per heavy atom. The zero-order chi connectivity index (χ0) is 16.2. The van der Waals surface area contributed by atoms with Crippen molar-refractivity contribution in [3.05, 3.63) is 41.6 Å². The van der Waals surface area contributed by atoms with E-state index in [1.165, 1.54) is 12.1 Å². The molecule has 1 heterocycles. The van der Waals surface area contributed by atoms with Crippen molar-refractivity contribution in [3.8, 4) is 6.07 Å². The lowest BCUT2D eigenvalue weighted by atomic mass is 10.2. The fraction of sp³-hybridized carbons (Fsp3) is 0.154. The van der Waals surface area contributed by atoms with Gasteiger partial charge in [-0.15, -0.1) is 0 Å². The number of nitrogens with zero attached hydrogens (tertiary/aromatic N) is 2. The Morgan fingerprint density at radius 1 is 1.45 bits per heavy atom. The first-order valence-corrected chi connectivity index (χ1v) is 7.70. The number of para-hydroxylation sites is 1. The molecule has 0 atom stereocenters. The fourth-order valence-corrected chi connectivity index (χ4v) is 2.87. The van der Waals surface area contributed by atoms with Crippen molar-refractivity contribution in [1.29, 1.82) is 5.26 Å². The summed E-state index contributed by atoms with van der Waals surface area (Å²) >= 11 is 0. The van der Waals surface area contributed by atoms with Gasteiger partial charge < -0.3 is 4.74 Å². The van der Waals surface area contributed by atoms with Crippen molar-refractivity contribution in [2.75, 3.05) is 11.3 Å². The second-order valence-corrected chi connectivity index (χ2v) is 5.72. The molecule has 0 radical (unpaired) electrons. The molecule has 0 saturated carbocycles. The lowest BCUT2D eigenvalue weighted by Gasteiger charge is -2.09. The number of nitrogens with one attached hydrogen (secondary N) is 2. The highest BCUT2D eigenvalue weighted by molar-refractivity contribution is 7.92. The number of rotatable bonds is 5. The Balaban J connectivity index is 2.39. The molecular weight excluding hydrogens is 308 g/mol. The molecule has 114 valence electrons. The topological polar surface area (TPSA) is 125 Å². The molecule has 0 unspecified atom stereocenters. The van der Waals surface area contributed by atoms with Crippen molar-refractivity contribution in [1.82, 2.24) is 10.2 Å². The molecule has 8 nitrogen and oxygen atoms in total. The summed E-state index contributed by atoms with van der Waals surface area (Å²) in [6.07, 6.45) is 1.07. The van der Waals surface area contributed by atoms with Crippen molar-refractivity contribution in [3.63, 3.8) is 0 Å². The first-order valence-electron chi connectivity index (χ1n) is 6.22. The van der Waals surface area contributed by atoms with Crippen molar-refractivity contribution in [2.45, 2.75) is 11.9 Å².